The van der Waals surface area contributed by atoms with Gasteiger partial charge in [-0.25, -0.2) is 12.8 Å². The van der Waals surface area contributed by atoms with Crippen molar-refractivity contribution in [3.8, 4) is 0 Å². The zero-order valence-corrected chi connectivity index (χ0v) is 12.5. The van der Waals surface area contributed by atoms with Gasteiger partial charge in [0.2, 0.25) is 10.0 Å². The van der Waals surface area contributed by atoms with Crippen LogP contribution in [0.5, 0.6) is 0 Å². The molecule has 0 heterocycles. The van der Waals surface area contributed by atoms with Gasteiger partial charge in [-0.3, -0.25) is 4.79 Å². The van der Waals surface area contributed by atoms with Gasteiger partial charge in [-0.1, -0.05) is 31.9 Å². The zero-order valence-electron chi connectivity index (χ0n) is 11.7. The number of carbonyl (C=O) groups is 1. The van der Waals surface area contributed by atoms with E-state index in [4.69, 9.17) is 0 Å². The molecular formula is C14H18FNO4S. The fourth-order valence-corrected chi connectivity index (χ4v) is 4.34. The summed E-state index contributed by atoms with van der Waals surface area (Å²) in [5.41, 5.74) is -1.56. The maximum Gasteiger partial charge on any atom is 0.324 e. The van der Waals surface area contributed by atoms with Crippen LogP contribution in [-0.2, 0) is 14.8 Å². The van der Waals surface area contributed by atoms with Crippen LogP contribution in [0.15, 0.2) is 29.2 Å². The number of benzene rings is 1. The van der Waals surface area contributed by atoms with Crippen LogP contribution in [0.1, 0.15) is 32.6 Å². The summed E-state index contributed by atoms with van der Waals surface area (Å²) < 4.78 is 40.5. The van der Waals surface area contributed by atoms with E-state index in [0.29, 0.717) is 6.42 Å². The first-order chi connectivity index (χ1) is 9.77. The first-order valence-corrected chi connectivity index (χ1v) is 8.27. The van der Waals surface area contributed by atoms with Crippen molar-refractivity contribution in [3.05, 3.63) is 30.1 Å². The van der Waals surface area contributed by atoms with Crippen LogP contribution in [0.4, 0.5) is 4.39 Å². The van der Waals surface area contributed by atoms with Gasteiger partial charge in [0, 0.05) is 0 Å². The highest BCUT2D eigenvalue weighted by atomic mass is 32.2. The second-order valence-corrected chi connectivity index (χ2v) is 7.28. The van der Waals surface area contributed by atoms with Gasteiger partial charge in [0.15, 0.2) is 0 Å². The molecular weight excluding hydrogens is 297 g/mol. The van der Waals surface area contributed by atoms with Gasteiger partial charge in [-0.2, -0.15) is 4.72 Å². The van der Waals surface area contributed by atoms with E-state index in [-0.39, 0.29) is 18.8 Å². The van der Waals surface area contributed by atoms with Crippen LogP contribution >= 0.6 is 0 Å². The molecule has 1 aliphatic rings. The average molecular weight is 315 g/mol. The van der Waals surface area contributed by atoms with Crippen molar-refractivity contribution in [3.63, 3.8) is 0 Å². The second-order valence-electron chi connectivity index (χ2n) is 5.62. The maximum atomic E-state index is 13.7. The first kappa shape index (κ1) is 15.9. The van der Waals surface area contributed by atoms with E-state index in [0.717, 1.165) is 18.6 Å². The van der Waals surface area contributed by atoms with Crippen molar-refractivity contribution in [1.82, 2.24) is 4.72 Å². The van der Waals surface area contributed by atoms with Crippen molar-refractivity contribution in [2.75, 3.05) is 0 Å². The highest BCUT2D eigenvalue weighted by Gasteiger charge is 2.45. The smallest absolute Gasteiger partial charge is 0.324 e. The van der Waals surface area contributed by atoms with Gasteiger partial charge in [-0.15, -0.1) is 0 Å². The van der Waals surface area contributed by atoms with Crippen LogP contribution < -0.4 is 4.72 Å². The molecule has 2 rings (SSSR count). The SMILES string of the molecule is CC1CCCC(NS(=O)(=O)c2ccccc2F)(C(=O)O)C1. The summed E-state index contributed by atoms with van der Waals surface area (Å²) in [5.74, 6) is -2.01. The third kappa shape index (κ3) is 3.24. The molecule has 1 aliphatic carbocycles. The number of aliphatic carboxylic acids is 1. The number of nitrogens with one attached hydrogen (secondary N) is 1. The molecule has 0 aliphatic heterocycles. The highest BCUT2D eigenvalue weighted by molar-refractivity contribution is 7.89. The fraction of sp³-hybridized carbons (Fsp3) is 0.500. The van der Waals surface area contributed by atoms with Crippen LogP contribution in [0.2, 0.25) is 0 Å². The first-order valence-electron chi connectivity index (χ1n) is 6.79. The Morgan fingerprint density at radius 1 is 1.43 bits per heavy atom. The summed E-state index contributed by atoms with van der Waals surface area (Å²) in [7, 11) is -4.22. The minimum atomic E-state index is -4.22. The van der Waals surface area contributed by atoms with Gasteiger partial charge in [0.1, 0.15) is 16.3 Å². The van der Waals surface area contributed by atoms with E-state index < -0.39 is 32.2 Å². The Bertz CT molecular complexity index is 646. The predicted molar refractivity (Wildman–Crippen MR) is 74.7 cm³/mol. The van der Waals surface area contributed by atoms with Gasteiger partial charge in [-0.05, 0) is 30.9 Å². The molecule has 0 amide bonds. The lowest BCUT2D eigenvalue weighted by atomic mass is 9.77. The molecule has 1 saturated carbocycles. The minimum Gasteiger partial charge on any atom is -0.480 e. The summed E-state index contributed by atoms with van der Waals surface area (Å²) in [4.78, 5) is 11.1. The standard InChI is InChI=1S/C14H18FNO4S/c1-10-5-4-8-14(9-10,13(17)18)16-21(19,20)12-7-3-2-6-11(12)15/h2-3,6-7,10,16H,4-5,8-9H2,1H3,(H,17,18). The third-order valence-corrected chi connectivity index (χ3v) is 5.43. The van der Waals surface area contributed by atoms with Crippen molar-refractivity contribution >= 4 is 16.0 Å². The quantitative estimate of drug-likeness (QED) is 0.891. The lowest BCUT2D eigenvalue weighted by molar-refractivity contribution is -0.146. The van der Waals surface area contributed by atoms with Gasteiger partial charge in [0.05, 0.1) is 0 Å². The summed E-state index contributed by atoms with van der Waals surface area (Å²) in [6.45, 7) is 1.88. The molecule has 7 heteroatoms. The Hall–Kier alpha value is -1.47. The van der Waals surface area contributed by atoms with E-state index in [9.17, 15) is 22.7 Å². The normalized spacial score (nSPS) is 26.5. The van der Waals surface area contributed by atoms with Crippen molar-refractivity contribution in [2.24, 2.45) is 5.92 Å². The largest absolute Gasteiger partial charge is 0.480 e. The molecule has 0 saturated heterocycles. The Balaban J connectivity index is 2.37. The lowest BCUT2D eigenvalue weighted by Crippen LogP contribution is -2.56. The Morgan fingerprint density at radius 2 is 2.10 bits per heavy atom. The Morgan fingerprint density at radius 3 is 2.67 bits per heavy atom. The maximum absolute atomic E-state index is 13.7. The zero-order chi connectivity index (χ0) is 15.7. The van der Waals surface area contributed by atoms with E-state index in [2.05, 4.69) is 4.72 Å². The monoisotopic (exact) mass is 315 g/mol. The number of carboxylic acids is 1. The van der Waals surface area contributed by atoms with Crippen LogP contribution in [0.25, 0.3) is 0 Å². The lowest BCUT2D eigenvalue weighted by Gasteiger charge is -2.36. The molecule has 116 valence electrons. The molecule has 1 aromatic rings. The molecule has 1 aromatic carbocycles. The van der Waals surface area contributed by atoms with E-state index >= 15 is 0 Å². The molecule has 2 unspecified atom stereocenters. The molecule has 0 spiro atoms. The summed E-state index contributed by atoms with van der Waals surface area (Å²) in [6.07, 6.45) is 1.89. The Labute approximate surface area is 123 Å². The summed E-state index contributed by atoms with van der Waals surface area (Å²) in [6, 6.07) is 4.93. The van der Waals surface area contributed by atoms with E-state index in [1.807, 2.05) is 6.92 Å². The number of hydrogen-bond acceptors (Lipinski definition) is 3. The third-order valence-electron chi connectivity index (χ3n) is 3.86. The Kier molecular flexibility index (Phi) is 4.34. The molecule has 21 heavy (non-hydrogen) atoms. The second kappa shape index (κ2) is 5.73. The number of carboxylic acid groups (broad SMARTS) is 1. The van der Waals surface area contributed by atoms with Gasteiger partial charge >= 0.3 is 5.97 Å². The van der Waals surface area contributed by atoms with Crippen LogP contribution in [-0.4, -0.2) is 25.0 Å². The van der Waals surface area contributed by atoms with Gasteiger partial charge < -0.3 is 5.11 Å². The molecule has 0 radical (unpaired) electrons. The molecule has 5 nitrogen and oxygen atoms in total. The topological polar surface area (TPSA) is 83.5 Å². The highest BCUT2D eigenvalue weighted by Crippen LogP contribution is 2.34. The van der Waals surface area contributed by atoms with E-state index in [1.54, 1.807) is 0 Å². The van der Waals surface area contributed by atoms with Crippen LogP contribution in [0, 0.1) is 11.7 Å². The van der Waals surface area contributed by atoms with Crippen molar-refractivity contribution in [1.29, 1.82) is 0 Å². The number of rotatable bonds is 4. The minimum absolute atomic E-state index is 0.0955. The molecule has 1 fully saturated rings. The fourth-order valence-electron chi connectivity index (χ4n) is 2.86. The van der Waals surface area contributed by atoms with E-state index in [1.165, 1.54) is 12.1 Å². The predicted octanol–water partition coefficient (Wildman–Crippen LogP) is 2.14. The molecule has 2 N–H and O–H groups in total. The summed E-state index contributed by atoms with van der Waals surface area (Å²) >= 11 is 0. The molecule has 0 bridgehead atoms. The van der Waals surface area contributed by atoms with Crippen molar-refractivity contribution in [2.45, 2.75) is 43.0 Å². The number of sulfonamides is 1. The van der Waals surface area contributed by atoms with Crippen LogP contribution in [0.3, 0.4) is 0 Å². The van der Waals surface area contributed by atoms with Crippen molar-refractivity contribution < 1.29 is 22.7 Å². The average Bonchev–Trinajstić information content (AvgIpc) is 2.38. The molecule has 2 atom stereocenters. The number of halogens is 1. The molecule has 0 aromatic heterocycles. The number of hydrogen-bond donors (Lipinski definition) is 2. The van der Waals surface area contributed by atoms with Gasteiger partial charge in [0.25, 0.3) is 0 Å². The summed E-state index contributed by atoms with van der Waals surface area (Å²) in [5, 5.41) is 9.47.